The molecule has 0 aliphatic carbocycles. The Labute approximate surface area is 90.4 Å². The second-order valence-electron chi connectivity index (χ2n) is 4.15. The number of aryl methyl sites for hydroxylation is 1. The molecular weight excluding hydrogens is 186 g/mol. The van der Waals surface area contributed by atoms with Crippen LogP contribution in [0.15, 0.2) is 24.3 Å². The van der Waals surface area contributed by atoms with E-state index in [-0.39, 0.29) is 5.96 Å². The van der Waals surface area contributed by atoms with Crippen molar-refractivity contribution in [3.05, 3.63) is 35.4 Å². The van der Waals surface area contributed by atoms with E-state index in [0.717, 1.165) is 19.4 Å². The third kappa shape index (κ3) is 1.96. The average molecular weight is 203 g/mol. The molecule has 0 radical (unpaired) electrons. The lowest BCUT2D eigenvalue weighted by molar-refractivity contribution is 0.393. The van der Waals surface area contributed by atoms with Crippen LogP contribution in [0.25, 0.3) is 0 Å². The molecule has 3 nitrogen and oxygen atoms in total. The Morgan fingerprint density at radius 2 is 2.07 bits per heavy atom. The molecule has 1 unspecified atom stereocenters. The van der Waals surface area contributed by atoms with Crippen LogP contribution < -0.4 is 5.73 Å². The Morgan fingerprint density at radius 3 is 2.67 bits per heavy atom. The predicted octanol–water partition coefficient (Wildman–Crippen LogP) is 2.03. The number of hydrogen-bond donors (Lipinski definition) is 2. The van der Waals surface area contributed by atoms with Gasteiger partial charge in [-0.2, -0.15) is 0 Å². The van der Waals surface area contributed by atoms with Crippen LogP contribution in [0.5, 0.6) is 0 Å². The summed E-state index contributed by atoms with van der Waals surface area (Å²) >= 11 is 0. The lowest BCUT2D eigenvalue weighted by Crippen LogP contribution is -2.35. The highest BCUT2D eigenvalue weighted by Crippen LogP contribution is 2.31. The molecule has 15 heavy (non-hydrogen) atoms. The minimum atomic E-state index is 0.193. The number of benzene rings is 1. The fraction of sp³-hybridized carbons (Fsp3) is 0.417. The summed E-state index contributed by atoms with van der Waals surface area (Å²) in [6.45, 7) is 3.00. The van der Waals surface area contributed by atoms with Crippen LogP contribution >= 0.6 is 0 Å². The van der Waals surface area contributed by atoms with Crippen molar-refractivity contribution in [1.82, 2.24) is 4.90 Å². The molecule has 1 aliphatic heterocycles. The minimum absolute atomic E-state index is 0.193. The third-order valence-electron chi connectivity index (χ3n) is 3.02. The van der Waals surface area contributed by atoms with Gasteiger partial charge in [-0.25, -0.2) is 0 Å². The molecule has 1 aromatic rings. The number of nitrogens with two attached hydrogens (primary N) is 1. The van der Waals surface area contributed by atoms with Gasteiger partial charge in [-0.15, -0.1) is 0 Å². The molecule has 1 aromatic carbocycles. The van der Waals surface area contributed by atoms with E-state index in [1.807, 2.05) is 4.90 Å². The van der Waals surface area contributed by atoms with Crippen molar-refractivity contribution < 1.29 is 0 Å². The Bertz CT molecular complexity index is 356. The molecular formula is C12H17N3. The largest absolute Gasteiger partial charge is 0.370 e. The second kappa shape index (κ2) is 3.93. The van der Waals surface area contributed by atoms with E-state index >= 15 is 0 Å². The van der Waals surface area contributed by atoms with Gasteiger partial charge in [0.15, 0.2) is 5.96 Å². The molecule has 0 bridgehead atoms. The van der Waals surface area contributed by atoms with Crippen LogP contribution in [0.2, 0.25) is 0 Å². The van der Waals surface area contributed by atoms with Gasteiger partial charge in [0.05, 0.1) is 6.04 Å². The van der Waals surface area contributed by atoms with Crippen LogP contribution in [-0.2, 0) is 0 Å². The summed E-state index contributed by atoms with van der Waals surface area (Å²) in [4.78, 5) is 1.98. The van der Waals surface area contributed by atoms with Crippen molar-refractivity contribution in [3.63, 3.8) is 0 Å². The van der Waals surface area contributed by atoms with Gasteiger partial charge >= 0.3 is 0 Å². The predicted molar refractivity (Wildman–Crippen MR) is 61.8 cm³/mol. The molecule has 1 heterocycles. The zero-order valence-electron chi connectivity index (χ0n) is 9.03. The Morgan fingerprint density at radius 1 is 1.40 bits per heavy atom. The molecule has 0 aromatic heterocycles. The van der Waals surface area contributed by atoms with Crippen LogP contribution in [0.1, 0.15) is 30.0 Å². The summed E-state index contributed by atoms with van der Waals surface area (Å²) in [5.74, 6) is 0.193. The second-order valence-corrected chi connectivity index (χ2v) is 4.15. The number of nitrogens with one attached hydrogen (secondary N) is 1. The third-order valence-corrected chi connectivity index (χ3v) is 3.02. The lowest BCUT2D eigenvalue weighted by atomic mass is 10.0. The summed E-state index contributed by atoms with van der Waals surface area (Å²) in [5, 5.41) is 7.52. The van der Waals surface area contributed by atoms with E-state index < -0.39 is 0 Å². The van der Waals surface area contributed by atoms with Crippen LogP contribution in [0.4, 0.5) is 0 Å². The maximum absolute atomic E-state index is 7.52. The maximum atomic E-state index is 7.52. The highest BCUT2D eigenvalue weighted by molar-refractivity contribution is 5.75. The van der Waals surface area contributed by atoms with Crippen molar-refractivity contribution >= 4 is 5.96 Å². The first-order valence-electron chi connectivity index (χ1n) is 5.35. The quantitative estimate of drug-likeness (QED) is 0.542. The summed E-state index contributed by atoms with van der Waals surface area (Å²) in [5.41, 5.74) is 8.11. The Hall–Kier alpha value is -1.51. The Kier molecular flexibility index (Phi) is 2.62. The van der Waals surface area contributed by atoms with Gasteiger partial charge in [0.25, 0.3) is 0 Å². The summed E-state index contributed by atoms with van der Waals surface area (Å²) < 4.78 is 0. The van der Waals surface area contributed by atoms with Gasteiger partial charge in [-0.05, 0) is 25.3 Å². The van der Waals surface area contributed by atoms with Crippen molar-refractivity contribution in [1.29, 1.82) is 5.41 Å². The van der Waals surface area contributed by atoms with E-state index in [1.54, 1.807) is 0 Å². The van der Waals surface area contributed by atoms with Gasteiger partial charge in [0, 0.05) is 6.54 Å². The number of guanidine groups is 1. The molecule has 1 fully saturated rings. The van der Waals surface area contributed by atoms with Crippen molar-refractivity contribution in [2.75, 3.05) is 6.54 Å². The summed E-state index contributed by atoms with van der Waals surface area (Å²) in [7, 11) is 0. The number of nitrogens with zero attached hydrogens (tertiary/aromatic N) is 1. The average Bonchev–Trinajstić information content (AvgIpc) is 2.67. The smallest absolute Gasteiger partial charge is 0.188 e. The number of likely N-dealkylation sites (tertiary alicyclic amines) is 1. The lowest BCUT2D eigenvalue weighted by Gasteiger charge is -2.25. The minimum Gasteiger partial charge on any atom is -0.370 e. The molecule has 1 atom stereocenters. The molecule has 2 rings (SSSR count). The highest BCUT2D eigenvalue weighted by atomic mass is 15.3. The molecule has 3 heteroatoms. The molecule has 80 valence electrons. The van der Waals surface area contributed by atoms with Gasteiger partial charge in [0.1, 0.15) is 0 Å². The van der Waals surface area contributed by atoms with Crippen molar-refractivity contribution in [2.45, 2.75) is 25.8 Å². The van der Waals surface area contributed by atoms with Gasteiger partial charge < -0.3 is 10.6 Å². The van der Waals surface area contributed by atoms with E-state index in [4.69, 9.17) is 11.1 Å². The van der Waals surface area contributed by atoms with Crippen molar-refractivity contribution in [2.24, 2.45) is 5.73 Å². The molecule has 0 saturated carbocycles. The topological polar surface area (TPSA) is 53.1 Å². The summed E-state index contributed by atoms with van der Waals surface area (Å²) in [6.07, 6.45) is 2.22. The molecule has 3 N–H and O–H groups in total. The van der Waals surface area contributed by atoms with E-state index in [2.05, 4.69) is 31.2 Å². The molecule has 1 aliphatic rings. The van der Waals surface area contributed by atoms with Crippen molar-refractivity contribution in [3.8, 4) is 0 Å². The van der Waals surface area contributed by atoms with Gasteiger partial charge in [-0.3, -0.25) is 5.41 Å². The van der Waals surface area contributed by atoms with E-state index in [1.165, 1.54) is 11.1 Å². The molecule has 0 amide bonds. The SMILES string of the molecule is Cc1ccc(C2CCCN2C(=N)N)cc1. The zero-order chi connectivity index (χ0) is 10.8. The molecule has 1 saturated heterocycles. The fourth-order valence-electron chi connectivity index (χ4n) is 2.19. The first-order chi connectivity index (χ1) is 7.18. The summed E-state index contributed by atoms with van der Waals surface area (Å²) in [6, 6.07) is 8.82. The zero-order valence-corrected chi connectivity index (χ0v) is 9.03. The van der Waals surface area contributed by atoms with Gasteiger partial charge in [0.2, 0.25) is 0 Å². The van der Waals surface area contributed by atoms with Crippen LogP contribution in [0.3, 0.4) is 0 Å². The first-order valence-corrected chi connectivity index (χ1v) is 5.35. The Balaban J connectivity index is 2.22. The highest BCUT2D eigenvalue weighted by Gasteiger charge is 2.26. The fourth-order valence-corrected chi connectivity index (χ4v) is 2.19. The monoisotopic (exact) mass is 203 g/mol. The van der Waals surface area contributed by atoms with Crippen LogP contribution in [-0.4, -0.2) is 17.4 Å². The standard InChI is InChI=1S/C12H17N3/c1-9-4-6-10(7-5-9)11-3-2-8-15(11)12(13)14/h4-7,11H,2-3,8H2,1H3,(H3,13,14). The first kappa shape index (κ1) is 10.0. The maximum Gasteiger partial charge on any atom is 0.188 e. The van der Waals surface area contributed by atoms with Crippen LogP contribution in [0, 0.1) is 12.3 Å². The normalized spacial score (nSPS) is 20.6. The number of hydrogen-bond acceptors (Lipinski definition) is 1. The van der Waals surface area contributed by atoms with E-state index in [9.17, 15) is 0 Å². The number of rotatable bonds is 1. The van der Waals surface area contributed by atoms with Gasteiger partial charge in [-0.1, -0.05) is 29.8 Å². The van der Waals surface area contributed by atoms with E-state index in [0.29, 0.717) is 6.04 Å². The molecule has 0 spiro atoms.